The van der Waals surface area contributed by atoms with Gasteiger partial charge in [-0.2, -0.15) is 0 Å². The van der Waals surface area contributed by atoms with E-state index in [-0.39, 0.29) is 11.9 Å². The molecule has 3 heteroatoms. The van der Waals surface area contributed by atoms with Crippen molar-refractivity contribution in [1.82, 2.24) is 5.32 Å². The van der Waals surface area contributed by atoms with Gasteiger partial charge in [0.1, 0.15) is 0 Å². The standard InChI is InChI=1S/C18H15NOS/c20-18(17-11-13-6-2-4-8-16(13)21-17)19-15-10-9-12-5-1-3-7-14(12)15/h1-8,11,15H,9-10H2,(H,19,20). The van der Waals surface area contributed by atoms with Gasteiger partial charge in [-0.3, -0.25) is 4.79 Å². The lowest BCUT2D eigenvalue weighted by Crippen LogP contribution is -2.26. The summed E-state index contributed by atoms with van der Waals surface area (Å²) in [6, 6.07) is 18.6. The van der Waals surface area contributed by atoms with Crippen molar-refractivity contribution < 1.29 is 4.79 Å². The smallest absolute Gasteiger partial charge is 0.261 e. The highest BCUT2D eigenvalue weighted by molar-refractivity contribution is 7.20. The van der Waals surface area contributed by atoms with Crippen molar-refractivity contribution in [2.45, 2.75) is 18.9 Å². The van der Waals surface area contributed by atoms with Gasteiger partial charge in [0.2, 0.25) is 0 Å². The van der Waals surface area contributed by atoms with Gasteiger partial charge in [0.05, 0.1) is 10.9 Å². The predicted molar refractivity (Wildman–Crippen MR) is 86.8 cm³/mol. The van der Waals surface area contributed by atoms with Crippen LogP contribution < -0.4 is 5.32 Å². The number of benzene rings is 2. The molecule has 1 aromatic heterocycles. The molecule has 0 radical (unpaired) electrons. The van der Waals surface area contributed by atoms with Gasteiger partial charge in [0, 0.05) is 4.70 Å². The van der Waals surface area contributed by atoms with Crippen molar-refractivity contribution >= 4 is 27.3 Å². The highest BCUT2D eigenvalue weighted by Gasteiger charge is 2.24. The van der Waals surface area contributed by atoms with E-state index >= 15 is 0 Å². The van der Waals surface area contributed by atoms with Crippen LogP contribution >= 0.6 is 11.3 Å². The van der Waals surface area contributed by atoms with Gasteiger partial charge in [-0.15, -0.1) is 11.3 Å². The predicted octanol–water partition coefficient (Wildman–Crippen LogP) is 4.32. The molecule has 1 aliphatic carbocycles. The molecule has 1 aliphatic rings. The Kier molecular flexibility index (Phi) is 3.00. The van der Waals surface area contributed by atoms with Gasteiger partial charge in [-0.25, -0.2) is 0 Å². The van der Waals surface area contributed by atoms with Crippen LogP contribution in [0.5, 0.6) is 0 Å². The number of carbonyl (C=O) groups excluding carboxylic acids is 1. The van der Waals surface area contributed by atoms with Crippen molar-refractivity contribution in [3.05, 3.63) is 70.6 Å². The lowest BCUT2D eigenvalue weighted by atomic mass is 10.1. The first-order valence-corrected chi connectivity index (χ1v) is 8.00. The number of nitrogens with one attached hydrogen (secondary N) is 1. The molecule has 0 bridgehead atoms. The van der Waals surface area contributed by atoms with Crippen LogP contribution in [0.15, 0.2) is 54.6 Å². The summed E-state index contributed by atoms with van der Waals surface area (Å²) < 4.78 is 1.16. The third-order valence-corrected chi connectivity index (χ3v) is 5.20. The summed E-state index contributed by atoms with van der Waals surface area (Å²) in [7, 11) is 0. The van der Waals surface area contributed by atoms with E-state index in [9.17, 15) is 4.79 Å². The SMILES string of the molecule is O=C(NC1CCc2ccccc21)c1cc2ccccc2s1. The minimum atomic E-state index is 0.0397. The zero-order valence-electron chi connectivity index (χ0n) is 11.5. The van der Waals surface area contributed by atoms with E-state index in [1.165, 1.54) is 11.1 Å². The summed E-state index contributed by atoms with van der Waals surface area (Å²) in [6.45, 7) is 0. The third-order valence-electron chi connectivity index (χ3n) is 4.09. The van der Waals surface area contributed by atoms with E-state index in [2.05, 4.69) is 29.6 Å². The Bertz CT molecular complexity index is 788. The van der Waals surface area contributed by atoms with Gasteiger partial charge in [-0.1, -0.05) is 42.5 Å². The lowest BCUT2D eigenvalue weighted by Gasteiger charge is -2.13. The Balaban J connectivity index is 1.59. The fourth-order valence-electron chi connectivity index (χ4n) is 3.03. The van der Waals surface area contributed by atoms with E-state index in [0.29, 0.717) is 0 Å². The number of aryl methyl sites for hydroxylation is 1. The number of rotatable bonds is 2. The van der Waals surface area contributed by atoms with Crippen LogP contribution in [-0.2, 0) is 6.42 Å². The first-order chi connectivity index (χ1) is 10.3. The molecule has 0 aliphatic heterocycles. The molecule has 3 aromatic rings. The average Bonchev–Trinajstić information content (AvgIpc) is 3.11. The zero-order valence-corrected chi connectivity index (χ0v) is 12.3. The second-order valence-electron chi connectivity index (χ2n) is 5.41. The molecule has 0 saturated carbocycles. The average molecular weight is 293 g/mol. The van der Waals surface area contributed by atoms with Crippen LogP contribution in [0.2, 0.25) is 0 Å². The molecule has 4 rings (SSSR count). The number of amides is 1. The molecule has 21 heavy (non-hydrogen) atoms. The van der Waals surface area contributed by atoms with Crippen LogP contribution in [0.3, 0.4) is 0 Å². The van der Waals surface area contributed by atoms with Crippen LogP contribution in [0, 0.1) is 0 Å². The Morgan fingerprint density at radius 2 is 1.90 bits per heavy atom. The summed E-state index contributed by atoms with van der Waals surface area (Å²) in [6.07, 6.45) is 2.05. The molecular formula is C18H15NOS. The molecule has 1 heterocycles. The number of hydrogen-bond acceptors (Lipinski definition) is 2. The summed E-state index contributed by atoms with van der Waals surface area (Å²) in [5, 5.41) is 4.32. The van der Waals surface area contributed by atoms with E-state index in [1.54, 1.807) is 11.3 Å². The Morgan fingerprint density at radius 3 is 2.81 bits per heavy atom. The number of carbonyl (C=O) groups is 1. The van der Waals surface area contributed by atoms with E-state index in [1.807, 2.05) is 30.3 Å². The maximum Gasteiger partial charge on any atom is 0.261 e. The van der Waals surface area contributed by atoms with E-state index in [4.69, 9.17) is 0 Å². The highest BCUT2D eigenvalue weighted by atomic mass is 32.1. The van der Waals surface area contributed by atoms with Crippen molar-refractivity contribution in [2.75, 3.05) is 0 Å². The summed E-state index contributed by atoms with van der Waals surface area (Å²) in [4.78, 5) is 13.3. The lowest BCUT2D eigenvalue weighted by molar-refractivity contribution is 0.0941. The molecule has 0 saturated heterocycles. The van der Waals surface area contributed by atoms with Crippen LogP contribution in [0.1, 0.15) is 33.3 Å². The molecule has 104 valence electrons. The van der Waals surface area contributed by atoms with Crippen molar-refractivity contribution in [3.63, 3.8) is 0 Å². The molecule has 1 unspecified atom stereocenters. The Hall–Kier alpha value is -2.13. The van der Waals surface area contributed by atoms with Crippen LogP contribution in [0.4, 0.5) is 0 Å². The molecule has 1 amide bonds. The topological polar surface area (TPSA) is 29.1 Å². The fourth-order valence-corrected chi connectivity index (χ4v) is 4.00. The monoisotopic (exact) mass is 293 g/mol. The molecule has 1 N–H and O–H groups in total. The molecule has 0 spiro atoms. The van der Waals surface area contributed by atoms with Crippen molar-refractivity contribution in [1.29, 1.82) is 0 Å². The van der Waals surface area contributed by atoms with Crippen molar-refractivity contribution in [2.24, 2.45) is 0 Å². The first-order valence-electron chi connectivity index (χ1n) is 7.18. The van der Waals surface area contributed by atoms with Gasteiger partial charge in [0.15, 0.2) is 0 Å². The quantitative estimate of drug-likeness (QED) is 0.749. The number of fused-ring (bicyclic) bond motifs is 2. The summed E-state index contributed by atoms with van der Waals surface area (Å²) in [5.74, 6) is 0.0397. The molecule has 0 fully saturated rings. The number of thiophene rings is 1. The molecule has 1 atom stereocenters. The minimum absolute atomic E-state index is 0.0397. The van der Waals surface area contributed by atoms with Gasteiger partial charge >= 0.3 is 0 Å². The first kappa shape index (κ1) is 12.6. The minimum Gasteiger partial charge on any atom is -0.345 e. The zero-order chi connectivity index (χ0) is 14.2. The largest absolute Gasteiger partial charge is 0.345 e. The molecule has 2 nitrogen and oxygen atoms in total. The van der Waals surface area contributed by atoms with Crippen LogP contribution in [-0.4, -0.2) is 5.91 Å². The highest BCUT2D eigenvalue weighted by Crippen LogP contribution is 2.32. The summed E-state index contributed by atoms with van der Waals surface area (Å²) >= 11 is 1.56. The van der Waals surface area contributed by atoms with Gasteiger partial charge in [0.25, 0.3) is 5.91 Å². The maximum atomic E-state index is 12.5. The normalized spacial score (nSPS) is 16.9. The van der Waals surface area contributed by atoms with E-state index in [0.717, 1.165) is 27.8 Å². The molecule has 2 aromatic carbocycles. The number of hydrogen-bond donors (Lipinski definition) is 1. The van der Waals surface area contributed by atoms with Gasteiger partial charge < -0.3 is 5.32 Å². The second-order valence-corrected chi connectivity index (χ2v) is 6.50. The molecular weight excluding hydrogens is 278 g/mol. The van der Waals surface area contributed by atoms with E-state index < -0.39 is 0 Å². The van der Waals surface area contributed by atoms with Crippen LogP contribution in [0.25, 0.3) is 10.1 Å². The fraction of sp³-hybridized carbons (Fsp3) is 0.167. The summed E-state index contributed by atoms with van der Waals surface area (Å²) in [5.41, 5.74) is 2.63. The van der Waals surface area contributed by atoms with Crippen molar-refractivity contribution in [3.8, 4) is 0 Å². The maximum absolute atomic E-state index is 12.5. The Morgan fingerprint density at radius 1 is 1.10 bits per heavy atom. The second kappa shape index (κ2) is 5.01. The third kappa shape index (κ3) is 2.24. The van der Waals surface area contributed by atoms with Gasteiger partial charge in [-0.05, 0) is 41.5 Å². The Labute approximate surface area is 127 Å².